The molecule has 1 fully saturated rings. The van der Waals surface area contributed by atoms with Crippen LogP contribution in [-0.4, -0.2) is 33.6 Å². The van der Waals surface area contributed by atoms with Crippen molar-refractivity contribution in [2.45, 2.75) is 18.4 Å². The molecule has 1 N–H and O–H groups in total. The van der Waals surface area contributed by atoms with Crippen LogP contribution in [0, 0.1) is 0 Å². The van der Waals surface area contributed by atoms with Gasteiger partial charge < -0.3 is 19.3 Å². The molecule has 1 amide bonds. The first kappa shape index (κ1) is 18.4. The van der Waals surface area contributed by atoms with Crippen LogP contribution in [0.15, 0.2) is 54.7 Å². The molecule has 0 bridgehead atoms. The zero-order valence-corrected chi connectivity index (χ0v) is 17.0. The van der Waals surface area contributed by atoms with Gasteiger partial charge in [0.25, 0.3) is 5.91 Å². The van der Waals surface area contributed by atoms with Gasteiger partial charge in [0.05, 0.1) is 22.0 Å². The van der Waals surface area contributed by atoms with Gasteiger partial charge in [0.15, 0.2) is 5.60 Å². The minimum atomic E-state index is -0.520. The molecule has 2 aromatic carbocycles. The van der Waals surface area contributed by atoms with Crippen molar-refractivity contribution in [1.82, 2.24) is 9.47 Å². The number of phenols is 1. The molecule has 0 atom stereocenters. The second-order valence-electron chi connectivity index (χ2n) is 7.40. The number of halogens is 2. The highest BCUT2D eigenvalue weighted by atomic mass is 35.5. The molecule has 3 heterocycles. The van der Waals surface area contributed by atoms with E-state index in [0.29, 0.717) is 31.0 Å². The number of piperidine rings is 1. The minimum Gasteiger partial charge on any atom is -0.506 e. The van der Waals surface area contributed by atoms with Gasteiger partial charge in [-0.05, 0) is 36.4 Å². The number of carbonyl (C=O) groups is 1. The fourth-order valence-electron chi connectivity index (χ4n) is 4.28. The van der Waals surface area contributed by atoms with E-state index in [1.54, 1.807) is 23.1 Å². The Morgan fingerprint density at radius 3 is 2.69 bits per heavy atom. The first-order valence-corrected chi connectivity index (χ1v) is 10.2. The van der Waals surface area contributed by atoms with Gasteiger partial charge in [0.1, 0.15) is 11.5 Å². The number of aromatic nitrogens is 1. The van der Waals surface area contributed by atoms with E-state index in [1.807, 2.05) is 30.5 Å². The summed E-state index contributed by atoms with van der Waals surface area (Å²) >= 11 is 12.2. The second kappa shape index (κ2) is 6.71. The van der Waals surface area contributed by atoms with Crippen LogP contribution in [-0.2, 0) is 5.60 Å². The number of likely N-dealkylation sites (tertiary alicyclic amines) is 1. The van der Waals surface area contributed by atoms with Crippen LogP contribution in [0.1, 0.15) is 30.3 Å². The maximum atomic E-state index is 12.9. The quantitative estimate of drug-likeness (QED) is 0.572. The van der Waals surface area contributed by atoms with Crippen molar-refractivity contribution >= 4 is 29.1 Å². The second-order valence-corrected chi connectivity index (χ2v) is 8.24. The van der Waals surface area contributed by atoms with E-state index in [4.69, 9.17) is 27.9 Å². The Morgan fingerprint density at radius 1 is 1.10 bits per heavy atom. The Balaban J connectivity index is 0.00000218. The molecule has 5 rings (SSSR count). The van der Waals surface area contributed by atoms with Gasteiger partial charge in [0, 0.05) is 44.6 Å². The normalized spacial score (nSPS) is 16.8. The fraction of sp³-hybridized carbons (Fsp3) is 0.227. The maximum absolute atomic E-state index is 12.9. The number of rotatable bonds is 1. The van der Waals surface area contributed by atoms with E-state index in [-0.39, 0.29) is 23.7 Å². The number of hydrogen-bond acceptors (Lipinski definition) is 3. The molecule has 1 aromatic heterocycles. The number of hydrogen-bond donors (Lipinski definition) is 1. The van der Waals surface area contributed by atoms with Crippen LogP contribution in [0.4, 0.5) is 0 Å². The van der Waals surface area contributed by atoms with Crippen molar-refractivity contribution in [1.29, 1.82) is 0 Å². The topological polar surface area (TPSA) is 54.7 Å². The number of phenolic OH excluding ortho intramolecular Hbond substituents is 1. The highest BCUT2D eigenvalue weighted by Gasteiger charge is 2.44. The van der Waals surface area contributed by atoms with Crippen LogP contribution in [0.2, 0.25) is 10.0 Å². The van der Waals surface area contributed by atoms with Crippen molar-refractivity contribution < 1.29 is 16.1 Å². The van der Waals surface area contributed by atoms with Crippen LogP contribution >= 0.6 is 23.2 Å². The third kappa shape index (κ3) is 2.88. The Bertz CT molecular complexity index is 1120. The van der Waals surface area contributed by atoms with Crippen LogP contribution in [0.5, 0.6) is 11.5 Å². The molecule has 150 valence electrons. The van der Waals surface area contributed by atoms with Crippen molar-refractivity contribution in [3.05, 3.63) is 76.0 Å². The largest absolute Gasteiger partial charge is 0.506 e. The summed E-state index contributed by atoms with van der Waals surface area (Å²) in [5.41, 5.74) is 1.74. The summed E-state index contributed by atoms with van der Waals surface area (Å²) in [6, 6.07) is 14.5. The zero-order chi connectivity index (χ0) is 20.2. The van der Waals surface area contributed by atoms with E-state index in [9.17, 15) is 9.90 Å². The highest BCUT2D eigenvalue weighted by molar-refractivity contribution is 6.32. The Hall–Kier alpha value is -2.63. The molecule has 0 saturated carbocycles. The number of fused-ring (bicyclic) bond motifs is 4. The molecule has 5 nitrogen and oxygen atoms in total. The Morgan fingerprint density at radius 2 is 1.90 bits per heavy atom. The molecule has 2 aliphatic heterocycles. The van der Waals surface area contributed by atoms with Crippen LogP contribution < -0.4 is 4.74 Å². The standard InChI is InChI=1S/C22H18Cl2N2O3.H2/c23-14-6-7-17-18(13-14)29-22(19-5-2-10-26(17)19)8-11-25(12-9-22)21(28)15-3-1-4-16(24)20(15)27;/h1-7,10,13,27H,8-9,11-12H2;1H. The van der Waals surface area contributed by atoms with Crippen molar-refractivity contribution in [2.75, 3.05) is 13.1 Å². The highest BCUT2D eigenvalue weighted by Crippen LogP contribution is 2.46. The average Bonchev–Trinajstić information content (AvgIpc) is 3.21. The van der Waals surface area contributed by atoms with Gasteiger partial charge >= 0.3 is 0 Å². The molecular formula is C22H20Cl2N2O3. The lowest BCUT2D eigenvalue weighted by Crippen LogP contribution is -2.50. The van der Waals surface area contributed by atoms with Crippen molar-refractivity contribution in [3.63, 3.8) is 0 Å². The van der Waals surface area contributed by atoms with Crippen molar-refractivity contribution in [3.8, 4) is 17.2 Å². The van der Waals surface area contributed by atoms with Gasteiger partial charge in [-0.25, -0.2) is 0 Å². The maximum Gasteiger partial charge on any atom is 0.257 e. The molecule has 0 unspecified atom stereocenters. The summed E-state index contributed by atoms with van der Waals surface area (Å²) in [5, 5.41) is 11.0. The van der Waals surface area contributed by atoms with Gasteiger partial charge in [0.2, 0.25) is 0 Å². The van der Waals surface area contributed by atoms with E-state index in [2.05, 4.69) is 10.6 Å². The van der Waals surface area contributed by atoms with Gasteiger partial charge in [-0.2, -0.15) is 0 Å². The number of carbonyl (C=O) groups excluding carboxylic acids is 1. The van der Waals surface area contributed by atoms with Gasteiger partial charge in [-0.3, -0.25) is 4.79 Å². The molecule has 1 saturated heterocycles. The number of amides is 1. The summed E-state index contributed by atoms with van der Waals surface area (Å²) in [6.45, 7) is 1.01. The smallest absolute Gasteiger partial charge is 0.257 e. The average molecular weight is 431 g/mol. The van der Waals surface area contributed by atoms with Crippen LogP contribution in [0.3, 0.4) is 0 Å². The third-order valence-corrected chi connectivity index (χ3v) is 6.32. The number of ether oxygens (including phenoxy) is 1. The molecule has 0 aliphatic carbocycles. The minimum absolute atomic E-state index is 0. The van der Waals surface area contributed by atoms with E-state index in [0.717, 1.165) is 17.1 Å². The molecule has 7 heteroatoms. The molecule has 1 spiro atoms. The zero-order valence-electron chi connectivity index (χ0n) is 15.4. The summed E-state index contributed by atoms with van der Waals surface area (Å²) in [4.78, 5) is 14.7. The fourth-order valence-corrected chi connectivity index (χ4v) is 4.62. The summed E-state index contributed by atoms with van der Waals surface area (Å²) < 4.78 is 8.62. The molecular weight excluding hydrogens is 411 g/mol. The number of benzene rings is 2. The molecule has 3 aromatic rings. The SMILES string of the molecule is O=C(c1cccc(Cl)c1O)N1CCC2(CC1)Oc1cc(Cl)ccc1-n1cccc12.[HH]. The Labute approximate surface area is 179 Å². The van der Waals surface area contributed by atoms with Crippen LogP contribution in [0.25, 0.3) is 5.69 Å². The number of aromatic hydroxyl groups is 1. The van der Waals surface area contributed by atoms with Gasteiger partial charge in [-0.15, -0.1) is 0 Å². The Kier molecular flexibility index (Phi) is 4.26. The molecule has 2 aliphatic rings. The lowest BCUT2D eigenvalue weighted by atomic mass is 9.86. The first-order valence-electron chi connectivity index (χ1n) is 9.42. The monoisotopic (exact) mass is 430 g/mol. The summed E-state index contributed by atoms with van der Waals surface area (Å²) in [5.74, 6) is 0.341. The number of nitrogens with zero attached hydrogens (tertiary/aromatic N) is 2. The predicted octanol–water partition coefficient (Wildman–Crippen LogP) is 5.26. The third-order valence-electron chi connectivity index (χ3n) is 5.78. The first-order chi connectivity index (χ1) is 14.0. The molecule has 0 radical (unpaired) electrons. The van der Waals surface area contributed by atoms with E-state index < -0.39 is 5.60 Å². The van der Waals surface area contributed by atoms with E-state index in [1.165, 1.54) is 0 Å². The lowest BCUT2D eigenvalue weighted by Gasteiger charge is -2.45. The van der Waals surface area contributed by atoms with E-state index >= 15 is 0 Å². The summed E-state index contributed by atoms with van der Waals surface area (Å²) in [6.07, 6.45) is 3.29. The predicted molar refractivity (Wildman–Crippen MR) is 113 cm³/mol. The molecule has 29 heavy (non-hydrogen) atoms. The van der Waals surface area contributed by atoms with Crippen molar-refractivity contribution in [2.24, 2.45) is 0 Å². The number of para-hydroxylation sites is 1. The lowest BCUT2D eigenvalue weighted by molar-refractivity contribution is -0.00935. The van der Waals surface area contributed by atoms with Gasteiger partial charge in [-0.1, -0.05) is 29.3 Å². The summed E-state index contributed by atoms with van der Waals surface area (Å²) in [7, 11) is 0.